The number of nitrogens with one attached hydrogen (secondary N) is 1. The van der Waals surface area contributed by atoms with E-state index in [9.17, 15) is 4.39 Å². The van der Waals surface area contributed by atoms with Gasteiger partial charge in [0.05, 0.1) is 0 Å². The maximum atomic E-state index is 14.0. The van der Waals surface area contributed by atoms with E-state index in [0.717, 1.165) is 29.8 Å². The first-order valence-corrected chi connectivity index (χ1v) is 7.36. The molecule has 2 aromatic carbocycles. The molecule has 2 nitrogen and oxygen atoms in total. The first-order valence-electron chi connectivity index (χ1n) is 7.36. The van der Waals surface area contributed by atoms with Gasteiger partial charge >= 0.3 is 0 Å². The zero-order valence-corrected chi connectivity index (χ0v) is 13.0. The molecular formula is C18H23FN2. The Bertz CT molecular complexity index is 578. The van der Waals surface area contributed by atoms with Crippen LogP contribution in [0.2, 0.25) is 0 Å². The molecule has 0 atom stereocenters. The first kappa shape index (κ1) is 15.5. The highest BCUT2D eigenvalue weighted by molar-refractivity contribution is 5.47. The third-order valence-corrected chi connectivity index (χ3v) is 3.68. The fourth-order valence-corrected chi connectivity index (χ4v) is 2.40. The Labute approximate surface area is 126 Å². The molecule has 0 aliphatic carbocycles. The van der Waals surface area contributed by atoms with E-state index in [1.807, 2.05) is 26.2 Å². The van der Waals surface area contributed by atoms with Crippen molar-refractivity contribution in [2.45, 2.75) is 26.4 Å². The van der Waals surface area contributed by atoms with Crippen LogP contribution in [0.15, 0.2) is 42.5 Å². The van der Waals surface area contributed by atoms with E-state index in [1.165, 1.54) is 5.56 Å². The van der Waals surface area contributed by atoms with Crippen LogP contribution in [0.3, 0.4) is 0 Å². The zero-order valence-electron chi connectivity index (χ0n) is 13.0. The quantitative estimate of drug-likeness (QED) is 0.870. The summed E-state index contributed by atoms with van der Waals surface area (Å²) in [4.78, 5) is 2.07. The highest BCUT2D eigenvalue weighted by Crippen LogP contribution is 2.19. The molecule has 0 amide bonds. The number of hydrogen-bond donors (Lipinski definition) is 1. The molecule has 0 spiro atoms. The summed E-state index contributed by atoms with van der Waals surface area (Å²) in [5, 5.41) is 3.09. The fourth-order valence-electron chi connectivity index (χ4n) is 2.40. The Morgan fingerprint density at radius 1 is 1.05 bits per heavy atom. The van der Waals surface area contributed by atoms with Gasteiger partial charge in [0, 0.05) is 31.4 Å². The van der Waals surface area contributed by atoms with Gasteiger partial charge in [-0.25, -0.2) is 4.39 Å². The summed E-state index contributed by atoms with van der Waals surface area (Å²) in [5.41, 5.74) is 4.24. The Morgan fingerprint density at radius 3 is 2.33 bits per heavy atom. The first-order chi connectivity index (χ1) is 10.1. The van der Waals surface area contributed by atoms with Crippen LogP contribution in [0.4, 0.5) is 10.1 Å². The van der Waals surface area contributed by atoms with Crippen LogP contribution in [0, 0.1) is 5.82 Å². The average Bonchev–Trinajstić information content (AvgIpc) is 2.51. The van der Waals surface area contributed by atoms with Crippen LogP contribution in [0.5, 0.6) is 0 Å². The van der Waals surface area contributed by atoms with Crippen LogP contribution in [0.25, 0.3) is 0 Å². The Balaban J connectivity index is 2.14. The molecule has 0 bridgehead atoms. The van der Waals surface area contributed by atoms with E-state index < -0.39 is 0 Å². The van der Waals surface area contributed by atoms with Gasteiger partial charge in [0.25, 0.3) is 0 Å². The number of nitrogens with zero attached hydrogens (tertiary/aromatic N) is 1. The van der Waals surface area contributed by atoms with Gasteiger partial charge in [-0.15, -0.1) is 0 Å². The van der Waals surface area contributed by atoms with Crippen LogP contribution >= 0.6 is 0 Å². The minimum Gasteiger partial charge on any atom is -0.370 e. The van der Waals surface area contributed by atoms with Gasteiger partial charge in [0.2, 0.25) is 0 Å². The van der Waals surface area contributed by atoms with E-state index in [1.54, 1.807) is 6.07 Å². The number of rotatable bonds is 6. The van der Waals surface area contributed by atoms with Crippen molar-refractivity contribution in [3.63, 3.8) is 0 Å². The number of anilines is 1. The monoisotopic (exact) mass is 286 g/mol. The van der Waals surface area contributed by atoms with Crippen molar-refractivity contribution in [3.8, 4) is 0 Å². The summed E-state index contributed by atoms with van der Waals surface area (Å²) in [5.74, 6) is -0.146. The van der Waals surface area contributed by atoms with E-state index in [2.05, 4.69) is 41.4 Å². The summed E-state index contributed by atoms with van der Waals surface area (Å²) in [7, 11) is 3.88. The average molecular weight is 286 g/mol. The van der Waals surface area contributed by atoms with Crippen LogP contribution in [-0.4, -0.2) is 14.1 Å². The van der Waals surface area contributed by atoms with Crippen LogP contribution in [0.1, 0.15) is 23.6 Å². The van der Waals surface area contributed by atoms with Gasteiger partial charge < -0.3 is 10.2 Å². The highest BCUT2D eigenvalue weighted by Gasteiger charge is 2.08. The topological polar surface area (TPSA) is 15.3 Å². The third kappa shape index (κ3) is 4.05. The maximum Gasteiger partial charge on any atom is 0.128 e. The SMILES string of the molecule is CCc1ccc(N(C)Cc2cc(CNC)ccc2F)cc1. The standard InChI is InChI=1S/C18H23FN2/c1-4-14-5-8-17(9-6-14)21(3)13-16-11-15(12-20-2)7-10-18(16)19/h5-11,20H,4,12-13H2,1-3H3. The van der Waals surface area contributed by atoms with Crippen molar-refractivity contribution in [2.24, 2.45) is 0 Å². The number of halogens is 1. The molecule has 0 aromatic heterocycles. The lowest BCUT2D eigenvalue weighted by Gasteiger charge is -2.20. The van der Waals surface area contributed by atoms with Crippen molar-refractivity contribution >= 4 is 5.69 Å². The Morgan fingerprint density at radius 2 is 1.71 bits per heavy atom. The van der Waals surface area contributed by atoms with Crippen molar-refractivity contribution in [2.75, 3.05) is 19.0 Å². The molecule has 0 saturated heterocycles. The number of hydrogen-bond acceptors (Lipinski definition) is 2. The summed E-state index contributed by atoms with van der Waals surface area (Å²) >= 11 is 0. The van der Waals surface area contributed by atoms with Gasteiger partial charge in [-0.2, -0.15) is 0 Å². The molecule has 2 aromatic rings. The smallest absolute Gasteiger partial charge is 0.128 e. The van der Waals surface area contributed by atoms with Gasteiger partial charge in [-0.1, -0.05) is 25.1 Å². The maximum absolute atomic E-state index is 14.0. The second-order valence-corrected chi connectivity index (χ2v) is 5.33. The lowest BCUT2D eigenvalue weighted by Crippen LogP contribution is -2.17. The Kier molecular flexibility index (Phi) is 5.34. The number of aryl methyl sites for hydroxylation is 1. The third-order valence-electron chi connectivity index (χ3n) is 3.68. The van der Waals surface area contributed by atoms with Gasteiger partial charge in [-0.3, -0.25) is 0 Å². The van der Waals surface area contributed by atoms with Gasteiger partial charge in [-0.05, 0) is 48.9 Å². The summed E-state index contributed by atoms with van der Waals surface area (Å²) in [6.45, 7) is 3.46. The number of benzene rings is 2. The minimum absolute atomic E-state index is 0.146. The largest absolute Gasteiger partial charge is 0.370 e. The highest BCUT2D eigenvalue weighted by atomic mass is 19.1. The van der Waals surface area contributed by atoms with E-state index in [-0.39, 0.29) is 5.82 Å². The van der Waals surface area contributed by atoms with Crippen LogP contribution in [-0.2, 0) is 19.5 Å². The summed E-state index contributed by atoms with van der Waals surface area (Å²) in [6.07, 6.45) is 1.03. The minimum atomic E-state index is -0.146. The molecule has 0 unspecified atom stereocenters. The van der Waals surface area contributed by atoms with Gasteiger partial charge in [0.1, 0.15) is 5.82 Å². The molecule has 0 aliphatic heterocycles. The summed E-state index contributed by atoms with van der Waals surface area (Å²) < 4.78 is 14.0. The van der Waals surface area contributed by atoms with Crippen molar-refractivity contribution in [1.82, 2.24) is 5.32 Å². The molecule has 1 N–H and O–H groups in total. The van der Waals surface area contributed by atoms with Crippen LogP contribution < -0.4 is 10.2 Å². The molecule has 0 fully saturated rings. The molecule has 21 heavy (non-hydrogen) atoms. The molecule has 2 rings (SSSR count). The fraction of sp³-hybridized carbons (Fsp3) is 0.333. The Hall–Kier alpha value is -1.87. The summed E-state index contributed by atoms with van der Waals surface area (Å²) in [6, 6.07) is 13.7. The molecule has 0 saturated carbocycles. The molecule has 3 heteroatoms. The molecule has 0 heterocycles. The lowest BCUT2D eigenvalue weighted by molar-refractivity contribution is 0.606. The van der Waals surface area contributed by atoms with Crippen molar-refractivity contribution in [1.29, 1.82) is 0 Å². The van der Waals surface area contributed by atoms with E-state index in [4.69, 9.17) is 0 Å². The molecule has 0 radical (unpaired) electrons. The van der Waals surface area contributed by atoms with E-state index in [0.29, 0.717) is 6.54 Å². The second kappa shape index (κ2) is 7.23. The second-order valence-electron chi connectivity index (χ2n) is 5.33. The van der Waals surface area contributed by atoms with E-state index >= 15 is 0 Å². The predicted molar refractivity (Wildman–Crippen MR) is 87.1 cm³/mol. The molecule has 0 aliphatic rings. The van der Waals surface area contributed by atoms with Crippen molar-refractivity contribution in [3.05, 3.63) is 65.0 Å². The normalized spacial score (nSPS) is 10.7. The molecular weight excluding hydrogens is 263 g/mol. The zero-order chi connectivity index (χ0) is 15.2. The van der Waals surface area contributed by atoms with Gasteiger partial charge in [0.15, 0.2) is 0 Å². The molecule has 112 valence electrons. The lowest BCUT2D eigenvalue weighted by atomic mass is 10.1. The van der Waals surface area contributed by atoms with Crippen molar-refractivity contribution < 1.29 is 4.39 Å². The predicted octanol–water partition coefficient (Wildman–Crippen LogP) is 3.74.